The molecule has 1 saturated carbocycles. The van der Waals surface area contributed by atoms with Crippen LogP contribution in [-0.4, -0.2) is 33.6 Å². The van der Waals surface area contributed by atoms with E-state index in [9.17, 15) is 18.8 Å². The Bertz CT molecular complexity index is 943. The Balaban J connectivity index is 1.64. The summed E-state index contributed by atoms with van der Waals surface area (Å²) in [6.07, 6.45) is 4.19. The highest BCUT2D eigenvalue weighted by molar-refractivity contribution is 7.99. The molecule has 1 heterocycles. The number of amides is 2. The molecule has 10 heteroatoms. The van der Waals surface area contributed by atoms with Gasteiger partial charge in [0.25, 0.3) is 11.5 Å². The van der Waals surface area contributed by atoms with Gasteiger partial charge < -0.3 is 16.4 Å². The first-order chi connectivity index (χ1) is 13.4. The van der Waals surface area contributed by atoms with Gasteiger partial charge in [-0.1, -0.05) is 36.7 Å². The van der Waals surface area contributed by atoms with E-state index in [1.54, 1.807) is 0 Å². The molecule has 1 aliphatic rings. The van der Waals surface area contributed by atoms with E-state index in [2.05, 4.69) is 20.6 Å². The molecule has 0 unspecified atom stereocenters. The van der Waals surface area contributed by atoms with Crippen molar-refractivity contribution in [3.8, 4) is 0 Å². The summed E-state index contributed by atoms with van der Waals surface area (Å²) in [5.74, 6) is -1.81. The van der Waals surface area contributed by atoms with Gasteiger partial charge in [0.15, 0.2) is 11.0 Å². The van der Waals surface area contributed by atoms with Gasteiger partial charge in [-0.15, -0.1) is 0 Å². The molecular formula is C18H20FN5O3S. The lowest BCUT2D eigenvalue weighted by Gasteiger charge is -2.12. The van der Waals surface area contributed by atoms with Crippen molar-refractivity contribution in [2.24, 2.45) is 0 Å². The second-order valence-electron chi connectivity index (χ2n) is 6.40. The van der Waals surface area contributed by atoms with E-state index in [1.165, 1.54) is 18.2 Å². The lowest BCUT2D eigenvalue weighted by molar-refractivity contribution is -0.119. The third kappa shape index (κ3) is 4.89. The van der Waals surface area contributed by atoms with Gasteiger partial charge in [-0.2, -0.15) is 0 Å². The van der Waals surface area contributed by atoms with Gasteiger partial charge in [-0.05, 0) is 25.0 Å². The van der Waals surface area contributed by atoms with Crippen LogP contribution in [0.4, 0.5) is 15.9 Å². The van der Waals surface area contributed by atoms with Gasteiger partial charge in [-0.25, -0.2) is 9.37 Å². The third-order valence-corrected chi connectivity index (χ3v) is 5.22. The number of rotatable bonds is 6. The topological polar surface area (TPSA) is 130 Å². The number of carbonyl (C=O) groups excluding carboxylic acids is 2. The molecule has 5 N–H and O–H groups in total. The molecule has 28 heavy (non-hydrogen) atoms. The maximum absolute atomic E-state index is 13.7. The molecule has 3 rings (SSSR count). The summed E-state index contributed by atoms with van der Waals surface area (Å²) < 4.78 is 13.7. The summed E-state index contributed by atoms with van der Waals surface area (Å²) in [4.78, 5) is 42.8. The molecule has 0 saturated heterocycles. The number of hydrogen-bond donors (Lipinski definition) is 4. The van der Waals surface area contributed by atoms with E-state index in [0.29, 0.717) is 0 Å². The van der Waals surface area contributed by atoms with Crippen LogP contribution in [-0.2, 0) is 4.79 Å². The van der Waals surface area contributed by atoms with Crippen LogP contribution in [0.3, 0.4) is 0 Å². The second-order valence-corrected chi connectivity index (χ2v) is 7.37. The van der Waals surface area contributed by atoms with E-state index in [4.69, 9.17) is 5.73 Å². The van der Waals surface area contributed by atoms with Crippen molar-refractivity contribution in [3.63, 3.8) is 0 Å². The van der Waals surface area contributed by atoms with Gasteiger partial charge >= 0.3 is 0 Å². The molecule has 0 radical (unpaired) electrons. The molecule has 8 nitrogen and oxygen atoms in total. The molecule has 1 aromatic carbocycles. The minimum Gasteiger partial charge on any atom is -0.382 e. The quantitative estimate of drug-likeness (QED) is 0.429. The molecule has 2 aromatic rings. The van der Waals surface area contributed by atoms with Crippen LogP contribution < -0.4 is 21.9 Å². The highest BCUT2D eigenvalue weighted by Crippen LogP contribution is 2.20. The average molecular weight is 405 g/mol. The zero-order valence-electron chi connectivity index (χ0n) is 15.0. The summed E-state index contributed by atoms with van der Waals surface area (Å²) in [7, 11) is 0. The second kappa shape index (κ2) is 8.87. The molecule has 2 amide bonds. The van der Waals surface area contributed by atoms with E-state index in [-0.39, 0.29) is 39.9 Å². The Morgan fingerprint density at radius 2 is 2.00 bits per heavy atom. The zero-order valence-corrected chi connectivity index (χ0v) is 15.8. The van der Waals surface area contributed by atoms with Crippen LogP contribution in [0.5, 0.6) is 0 Å². The molecule has 0 aliphatic heterocycles. The fourth-order valence-electron chi connectivity index (χ4n) is 2.96. The van der Waals surface area contributed by atoms with Crippen molar-refractivity contribution in [1.82, 2.24) is 15.3 Å². The van der Waals surface area contributed by atoms with Crippen molar-refractivity contribution in [1.29, 1.82) is 0 Å². The smallest absolute Gasteiger partial charge is 0.277 e. The number of benzene rings is 1. The number of nitrogens with zero attached hydrogens (tertiary/aromatic N) is 1. The highest BCUT2D eigenvalue weighted by Gasteiger charge is 2.19. The molecule has 0 bridgehead atoms. The van der Waals surface area contributed by atoms with Crippen molar-refractivity contribution >= 4 is 35.1 Å². The number of H-pyrrole nitrogens is 1. The standard InChI is InChI=1S/C18H20FN5O3S/c19-12-8-4-3-7-11(12)16(26)22-14-15(20)23-18(24-17(14)27)28-9-13(25)21-10-5-1-2-6-10/h3-4,7-8,10H,1-2,5-6,9H2,(H,21,25)(H,22,26)(H3,20,23,24,27). The molecule has 0 spiro atoms. The first-order valence-electron chi connectivity index (χ1n) is 8.82. The molecule has 1 fully saturated rings. The number of aromatic amines is 1. The van der Waals surface area contributed by atoms with Crippen LogP contribution in [0.1, 0.15) is 36.0 Å². The van der Waals surface area contributed by atoms with Crippen LogP contribution in [0, 0.1) is 5.82 Å². The largest absolute Gasteiger partial charge is 0.382 e. The number of nitrogen functional groups attached to an aromatic ring is 1. The van der Waals surface area contributed by atoms with Crippen LogP contribution in [0.25, 0.3) is 0 Å². The van der Waals surface area contributed by atoms with Crippen LogP contribution in [0.2, 0.25) is 0 Å². The number of carbonyl (C=O) groups is 2. The van der Waals surface area contributed by atoms with Crippen molar-refractivity contribution in [2.45, 2.75) is 36.9 Å². The maximum atomic E-state index is 13.7. The van der Waals surface area contributed by atoms with Gasteiger partial charge in [0.05, 0.1) is 11.3 Å². The number of halogens is 1. The Morgan fingerprint density at radius 3 is 2.68 bits per heavy atom. The minimum absolute atomic E-state index is 0.0831. The Labute approximate surface area is 164 Å². The van der Waals surface area contributed by atoms with Gasteiger partial charge in [-0.3, -0.25) is 19.4 Å². The van der Waals surface area contributed by atoms with Crippen molar-refractivity contribution in [3.05, 3.63) is 46.0 Å². The van der Waals surface area contributed by atoms with Crippen LogP contribution in [0.15, 0.2) is 34.2 Å². The minimum atomic E-state index is -0.812. The average Bonchev–Trinajstić information content (AvgIpc) is 3.16. The Hall–Kier alpha value is -2.88. The van der Waals surface area contributed by atoms with Gasteiger partial charge in [0, 0.05) is 6.04 Å². The molecule has 1 aromatic heterocycles. The Morgan fingerprint density at radius 1 is 1.29 bits per heavy atom. The predicted molar refractivity (Wildman–Crippen MR) is 105 cm³/mol. The normalized spacial score (nSPS) is 14.0. The van der Waals surface area contributed by atoms with E-state index in [0.717, 1.165) is 43.5 Å². The van der Waals surface area contributed by atoms with Gasteiger partial charge in [0.1, 0.15) is 11.5 Å². The first kappa shape index (κ1) is 19.9. The number of thioether (sulfide) groups is 1. The fourth-order valence-corrected chi connectivity index (χ4v) is 3.64. The number of anilines is 2. The summed E-state index contributed by atoms with van der Waals surface area (Å²) in [5, 5.41) is 5.37. The summed E-state index contributed by atoms with van der Waals surface area (Å²) in [6, 6.07) is 5.58. The summed E-state index contributed by atoms with van der Waals surface area (Å²) >= 11 is 1.04. The summed E-state index contributed by atoms with van der Waals surface area (Å²) in [6.45, 7) is 0. The molecule has 1 aliphatic carbocycles. The molecule has 0 atom stereocenters. The maximum Gasteiger partial charge on any atom is 0.277 e. The lowest BCUT2D eigenvalue weighted by atomic mass is 10.2. The highest BCUT2D eigenvalue weighted by atomic mass is 32.2. The Kier molecular flexibility index (Phi) is 6.30. The predicted octanol–water partition coefficient (Wildman–Crippen LogP) is 1.89. The third-order valence-electron chi connectivity index (χ3n) is 4.34. The fraction of sp³-hybridized carbons (Fsp3) is 0.333. The number of nitrogens with two attached hydrogens (primary N) is 1. The van der Waals surface area contributed by atoms with Crippen LogP contribution >= 0.6 is 11.8 Å². The van der Waals surface area contributed by atoms with E-state index < -0.39 is 17.3 Å². The molecular weight excluding hydrogens is 385 g/mol. The monoisotopic (exact) mass is 405 g/mol. The lowest BCUT2D eigenvalue weighted by Crippen LogP contribution is -2.34. The number of aromatic nitrogens is 2. The number of hydrogen-bond acceptors (Lipinski definition) is 6. The van der Waals surface area contributed by atoms with Gasteiger partial charge in [0.2, 0.25) is 5.91 Å². The van der Waals surface area contributed by atoms with Crippen molar-refractivity contribution in [2.75, 3.05) is 16.8 Å². The van der Waals surface area contributed by atoms with Crippen molar-refractivity contribution < 1.29 is 14.0 Å². The van der Waals surface area contributed by atoms with E-state index in [1.807, 2.05) is 0 Å². The SMILES string of the molecule is Nc1nc(SCC(=O)NC2CCCC2)[nH]c(=O)c1NC(=O)c1ccccc1F. The summed E-state index contributed by atoms with van der Waals surface area (Å²) in [5.41, 5.74) is 4.60. The van der Waals surface area contributed by atoms with E-state index >= 15 is 0 Å². The number of nitrogens with one attached hydrogen (secondary N) is 3. The zero-order chi connectivity index (χ0) is 20.1. The first-order valence-corrected chi connectivity index (χ1v) is 9.80. The molecule has 148 valence electrons.